The summed E-state index contributed by atoms with van der Waals surface area (Å²) >= 11 is 0. The van der Waals surface area contributed by atoms with Crippen LogP contribution in [0.3, 0.4) is 0 Å². The zero-order chi connectivity index (χ0) is 13.0. The van der Waals surface area contributed by atoms with Gasteiger partial charge in [0.15, 0.2) is 0 Å². The summed E-state index contributed by atoms with van der Waals surface area (Å²) in [4.78, 5) is 0. The van der Waals surface area contributed by atoms with Gasteiger partial charge in [-0.25, -0.2) is 0 Å². The van der Waals surface area contributed by atoms with Gasteiger partial charge in [0.05, 0.1) is 6.61 Å². The lowest BCUT2D eigenvalue weighted by atomic mass is 9.93. The predicted molar refractivity (Wildman–Crippen MR) is 71.1 cm³/mol. The molecule has 0 fully saturated rings. The fraction of sp³-hybridized carbons (Fsp3) is 0.600. The second kappa shape index (κ2) is 6.06. The normalized spacial score (nSPS) is 11.5. The Labute approximate surface area is 104 Å². The van der Waals surface area contributed by atoms with Crippen LogP contribution in [-0.4, -0.2) is 10.2 Å². The van der Waals surface area contributed by atoms with E-state index < -0.39 is 0 Å². The number of aromatic hydroxyl groups is 1. The van der Waals surface area contributed by atoms with Gasteiger partial charge in [-0.3, -0.25) is 0 Å². The van der Waals surface area contributed by atoms with E-state index in [1.165, 1.54) is 0 Å². The van der Waals surface area contributed by atoms with Crippen molar-refractivity contribution in [2.45, 2.75) is 47.1 Å². The number of hydrogen-bond donors (Lipinski definition) is 2. The van der Waals surface area contributed by atoms with Crippen LogP contribution >= 0.6 is 0 Å². The molecule has 2 N–H and O–H groups in total. The van der Waals surface area contributed by atoms with Crippen molar-refractivity contribution < 1.29 is 10.2 Å². The fourth-order valence-corrected chi connectivity index (χ4v) is 2.11. The molecule has 0 amide bonds. The topological polar surface area (TPSA) is 40.5 Å². The van der Waals surface area contributed by atoms with Crippen molar-refractivity contribution in [3.8, 4) is 5.75 Å². The molecular weight excluding hydrogens is 212 g/mol. The molecule has 0 aliphatic carbocycles. The third kappa shape index (κ3) is 4.04. The Morgan fingerprint density at radius 3 is 1.65 bits per heavy atom. The van der Waals surface area contributed by atoms with Crippen molar-refractivity contribution in [2.24, 2.45) is 11.8 Å². The maximum Gasteiger partial charge on any atom is 0.121 e. The summed E-state index contributed by atoms with van der Waals surface area (Å²) in [6.45, 7) is 8.57. The number of hydrogen-bond acceptors (Lipinski definition) is 2. The van der Waals surface area contributed by atoms with Crippen LogP contribution in [0.5, 0.6) is 5.75 Å². The van der Waals surface area contributed by atoms with Crippen LogP contribution in [0.2, 0.25) is 0 Å². The average Bonchev–Trinajstić information content (AvgIpc) is 2.22. The highest BCUT2D eigenvalue weighted by Gasteiger charge is 2.12. The molecule has 0 saturated carbocycles. The summed E-state index contributed by atoms with van der Waals surface area (Å²) in [5.74, 6) is 1.42. The number of aliphatic hydroxyl groups is 1. The molecule has 0 aliphatic heterocycles. The van der Waals surface area contributed by atoms with Gasteiger partial charge < -0.3 is 10.2 Å². The average molecular weight is 236 g/mol. The summed E-state index contributed by atoms with van der Waals surface area (Å²) < 4.78 is 0. The second-order valence-electron chi connectivity index (χ2n) is 5.62. The van der Waals surface area contributed by atoms with Crippen molar-refractivity contribution in [2.75, 3.05) is 0 Å². The van der Waals surface area contributed by atoms with Crippen LogP contribution < -0.4 is 0 Å². The zero-order valence-electron chi connectivity index (χ0n) is 11.3. The number of aliphatic hydroxyl groups excluding tert-OH is 1. The summed E-state index contributed by atoms with van der Waals surface area (Å²) in [5, 5.41) is 19.5. The van der Waals surface area contributed by atoms with E-state index in [4.69, 9.17) is 0 Å². The maximum atomic E-state index is 10.2. The Hall–Kier alpha value is -1.02. The Morgan fingerprint density at radius 1 is 0.941 bits per heavy atom. The Morgan fingerprint density at radius 2 is 1.35 bits per heavy atom. The number of phenols is 1. The van der Waals surface area contributed by atoms with E-state index >= 15 is 0 Å². The first-order valence-corrected chi connectivity index (χ1v) is 6.38. The van der Waals surface area contributed by atoms with E-state index in [1.807, 2.05) is 12.1 Å². The molecule has 0 unspecified atom stereocenters. The van der Waals surface area contributed by atoms with Gasteiger partial charge in [-0.15, -0.1) is 0 Å². The van der Waals surface area contributed by atoms with Crippen LogP contribution in [0.4, 0.5) is 0 Å². The van der Waals surface area contributed by atoms with E-state index in [-0.39, 0.29) is 6.61 Å². The molecule has 0 heterocycles. The zero-order valence-corrected chi connectivity index (χ0v) is 11.3. The predicted octanol–water partition coefficient (Wildman–Crippen LogP) is 3.28. The van der Waals surface area contributed by atoms with Gasteiger partial charge in [-0.05, 0) is 53.5 Å². The van der Waals surface area contributed by atoms with Crippen molar-refractivity contribution >= 4 is 0 Å². The first-order valence-electron chi connectivity index (χ1n) is 6.38. The quantitative estimate of drug-likeness (QED) is 0.823. The molecule has 0 radical (unpaired) electrons. The molecule has 1 rings (SSSR count). The maximum absolute atomic E-state index is 10.2. The molecule has 0 aromatic heterocycles. The smallest absolute Gasteiger partial charge is 0.121 e. The lowest BCUT2D eigenvalue weighted by Crippen LogP contribution is -2.02. The molecule has 1 aromatic rings. The Kier molecular flexibility index (Phi) is 5.01. The summed E-state index contributed by atoms with van der Waals surface area (Å²) in [6, 6.07) is 3.83. The Bertz CT molecular complexity index is 336. The van der Waals surface area contributed by atoms with Gasteiger partial charge in [-0.1, -0.05) is 27.7 Å². The molecule has 0 saturated heterocycles. The van der Waals surface area contributed by atoms with Gasteiger partial charge in [0.25, 0.3) is 0 Å². The fourth-order valence-electron chi connectivity index (χ4n) is 2.11. The molecule has 0 bridgehead atoms. The minimum absolute atomic E-state index is 0.0382. The summed E-state index contributed by atoms with van der Waals surface area (Å²) in [6.07, 6.45) is 1.70. The molecule has 0 spiro atoms. The van der Waals surface area contributed by atoms with Crippen molar-refractivity contribution in [1.82, 2.24) is 0 Å². The van der Waals surface area contributed by atoms with E-state index in [2.05, 4.69) is 27.7 Å². The second-order valence-corrected chi connectivity index (χ2v) is 5.62. The lowest BCUT2D eigenvalue weighted by molar-refractivity contribution is 0.281. The van der Waals surface area contributed by atoms with E-state index in [0.717, 1.165) is 29.5 Å². The molecule has 0 atom stereocenters. The van der Waals surface area contributed by atoms with Crippen molar-refractivity contribution in [1.29, 1.82) is 0 Å². The van der Waals surface area contributed by atoms with Crippen LogP contribution in [0.25, 0.3) is 0 Å². The van der Waals surface area contributed by atoms with Crippen LogP contribution in [0.1, 0.15) is 44.4 Å². The molecule has 1 aromatic carbocycles. The monoisotopic (exact) mass is 236 g/mol. The van der Waals surface area contributed by atoms with Gasteiger partial charge in [-0.2, -0.15) is 0 Å². The molecule has 2 heteroatoms. The highest BCUT2D eigenvalue weighted by Crippen LogP contribution is 2.29. The summed E-state index contributed by atoms with van der Waals surface area (Å²) in [7, 11) is 0. The van der Waals surface area contributed by atoms with Crippen LogP contribution in [0.15, 0.2) is 12.1 Å². The van der Waals surface area contributed by atoms with Crippen LogP contribution in [0, 0.1) is 11.8 Å². The standard InChI is InChI=1S/C15H24O2/c1-10(2)5-13-7-12(9-16)8-14(15(13)17)6-11(3)4/h7-8,10-11,16-17H,5-6,9H2,1-4H3. The van der Waals surface area contributed by atoms with E-state index in [1.54, 1.807) is 0 Å². The third-order valence-electron chi connectivity index (χ3n) is 2.77. The minimum atomic E-state index is 0.0382. The molecule has 2 nitrogen and oxygen atoms in total. The molecule has 0 aliphatic rings. The largest absolute Gasteiger partial charge is 0.507 e. The molecular formula is C15H24O2. The molecule has 96 valence electrons. The van der Waals surface area contributed by atoms with E-state index in [9.17, 15) is 10.2 Å². The SMILES string of the molecule is CC(C)Cc1cc(CO)cc(CC(C)C)c1O. The first-order chi connectivity index (χ1) is 7.93. The number of rotatable bonds is 5. The van der Waals surface area contributed by atoms with Crippen molar-refractivity contribution in [3.63, 3.8) is 0 Å². The van der Waals surface area contributed by atoms with Crippen LogP contribution in [-0.2, 0) is 19.4 Å². The van der Waals surface area contributed by atoms with E-state index in [0.29, 0.717) is 17.6 Å². The third-order valence-corrected chi connectivity index (χ3v) is 2.77. The Balaban J connectivity index is 3.11. The van der Waals surface area contributed by atoms with Gasteiger partial charge in [0.2, 0.25) is 0 Å². The van der Waals surface area contributed by atoms with Gasteiger partial charge in [0, 0.05) is 0 Å². The number of benzene rings is 1. The summed E-state index contributed by atoms with van der Waals surface area (Å²) in [5.41, 5.74) is 2.82. The lowest BCUT2D eigenvalue weighted by Gasteiger charge is -2.15. The highest BCUT2D eigenvalue weighted by molar-refractivity contribution is 5.44. The van der Waals surface area contributed by atoms with Crippen molar-refractivity contribution in [3.05, 3.63) is 28.8 Å². The molecule has 17 heavy (non-hydrogen) atoms. The van der Waals surface area contributed by atoms with Gasteiger partial charge in [0.1, 0.15) is 5.75 Å². The minimum Gasteiger partial charge on any atom is -0.507 e. The highest BCUT2D eigenvalue weighted by atomic mass is 16.3. The number of phenolic OH excluding ortho intramolecular Hbond substituents is 1. The van der Waals surface area contributed by atoms with Gasteiger partial charge >= 0.3 is 0 Å². The first kappa shape index (κ1) is 14.0.